The van der Waals surface area contributed by atoms with Crippen LogP contribution in [0, 0.1) is 0 Å². The fraction of sp³-hybridized carbons (Fsp3) is 0.154. The maximum absolute atomic E-state index is 13.1. The Balaban J connectivity index is 1.59. The van der Waals surface area contributed by atoms with Crippen LogP contribution in [-0.2, 0) is 17.9 Å². The van der Waals surface area contributed by atoms with Crippen LogP contribution in [-0.4, -0.2) is 30.5 Å². The second-order valence-corrected chi connectivity index (χ2v) is 7.40. The zero-order valence-corrected chi connectivity index (χ0v) is 18.0. The van der Waals surface area contributed by atoms with Crippen molar-refractivity contribution in [3.05, 3.63) is 95.7 Å². The van der Waals surface area contributed by atoms with Crippen LogP contribution in [0.4, 0.5) is 0 Å². The Morgan fingerprint density at radius 2 is 1.53 bits per heavy atom. The van der Waals surface area contributed by atoms with Crippen LogP contribution in [0.15, 0.2) is 79.0 Å². The predicted molar refractivity (Wildman–Crippen MR) is 123 cm³/mol. The average Bonchev–Trinajstić information content (AvgIpc) is 3.20. The summed E-state index contributed by atoms with van der Waals surface area (Å²) in [5, 5.41) is 3.40. The molecule has 4 aromatic rings. The summed E-state index contributed by atoms with van der Waals surface area (Å²) in [5.41, 5.74) is 3.19. The molecule has 162 valence electrons. The van der Waals surface area contributed by atoms with Gasteiger partial charge in [0.05, 0.1) is 19.8 Å². The van der Waals surface area contributed by atoms with Gasteiger partial charge in [0.1, 0.15) is 11.5 Å². The van der Waals surface area contributed by atoms with Crippen molar-refractivity contribution in [1.82, 2.24) is 9.88 Å². The molecule has 4 rings (SSSR count). The van der Waals surface area contributed by atoms with Gasteiger partial charge in [0.2, 0.25) is 0 Å². The van der Waals surface area contributed by atoms with Crippen molar-refractivity contribution >= 4 is 22.6 Å². The van der Waals surface area contributed by atoms with Crippen molar-refractivity contribution in [1.29, 1.82) is 0 Å². The van der Waals surface area contributed by atoms with E-state index in [0.717, 1.165) is 22.4 Å². The van der Waals surface area contributed by atoms with Gasteiger partial charge in [-0.15, -0.1) is 0 Å². The van der Waals surface area contributed by atoms with Gasteiger partial charge in [-0.3, -0.25) is 9.59 Å². The number of benzene rings is 3. The Bertz CT molecular complexity index is 1240. The number of ketones is 1. The van der Waals surface area contributed by atoms with Crippen molar-refractivity contribution < 1.29 is 19.1 Å². The van der Waals surface area contributed by atoms with E-state index in [1.807, 2.05) is 71.3 Å². The SMILES string of the molecule is COc1ccc(CNC(=O)C(=O)c2cn(Cc3ccccc3)c3ccc(OC)cc23)cc1. The van der Waals surface area contributed by atoms with E-state index in [1.54, 1.807) is 26.5 Å². The predicted octanol–water partition coefficient (Wildman–Crippen LogP) is 4.21. The molecule has 0 fully saturated rings. The number of hydrogen-bond donors (Lipinski definition) is 1. The number of hydrogen-bond acceptors (Lipinski definition) is 4. The fourth-order valence-corrected chi connectivity index (χ4v) is 3.62. The van der Waals surface area contributed by atoms with Gasteiger partial charge in [0, 0.05) is 30.2 Å². The number of amides is 1. The molecule has 6 heteroatoms. The van der Waals surface area contributed by atoms with Crippen LogP contribution in [0.25, 0.3) is 10.9 Å². The molecule has 1 aromatic heterocycles. The van der Waals surface area contributed by atoms with Crippen LogP contribution < -0.4 is 14.8 Å². The summed E-state index contributed by atoms with van der Waals surface area (Å²) < 4.78 is 12.5. The fourth-order valence-electron chi connectivity index (χ4n) is 3.62. The summed E-state index contributed by atoms with van der Waals surface area (Å²) in [6, 6.07) is 22.8. The highest BCUT2D eigenvalue weighted by molar-refractivity contribution is 6.45. The highest BCUT2D eigenvalue weighted by Gasteiger charge is 2.22. The van der Waals surface area contributed by atoms with Gasteiger partial charge in [-0.2, -0.15) is 0 Å². The van der Waals surface area contributed by atoms with E-state index in [4.69, 9.17) is 9.47 Å². The molecule has 0 bridgehead atoms. The molecule has 0 saturated heterocycles. The summed E-state index contributed by atoms with van der Waals surface area (Å²) in [6.45, 7) is 0.838. The topological polar surface area (TPSA) is 69.6 Å². The highest BCUT2D eigenvalue weighted by atomic mass is 16.5. The standard InChI is InChI=1S/C26H24N2O4/c1-31-20-10-8-18(9-11-20)15-27-26(30)25(29)23-17-28(16-19-6-4-3-5-7-19)24-13-12-21(32-2)14-22(23)24/h3-14,17H,15-16H2,1-2H3,(H,27,30). The Hall–Kier alpha value is -4.06. The van der Waals surface area contributed by atoms with E-state index in [-0.39, 0.29) is 6.54 Å². The molecule has 0 atom stereocenters. The molecule has 0 saturated carbocycles. The Morgan fingerprint density at radius 1 is 0.844 bits per heavy atom. The number of rotatable bonds is 8. The highest BCUT2D eigenvalue weighted by Crippen LogP contribution is 2.27. The zero-order chi connectivity index (χ0) is 22.5. The lowest BCUT2D eigenvalue weighted by Gasteiger charge is -2.06. The van der Waals surface area contributed by atoms with E-state index >= 15 is 0 Å². The summed E-state index contributed by atoms with van der Waals surface area (Å²) >= 11 is 0. The maximum Gasteiger partial charge on any atom is 0.292 e. The number of aromatic nitrogens is 1. The van der Waals surface area contributed by atoms with Crippen molar-refractivity contribution in [2.75, 3.05) is 14.2 Å². The number of nitrogens with one attached hydrogen (secondary N) is 1. The van der Waals surface area contributed by atoms with Gasteiger partial charge in [-0.05, 0) is 41.5 Å². The average molecular weight is 428 g/mol. The lowest BCUT2D eigenvalue weighted by molar-refractivity contribution is -0.117. The van der Waals surface area contributed by atoms with Crippen LogP contribution in [0.2, 0.25) is 0 Å². The smallest absolute Gasteiger partial charge is 0.292 e. The van der Waals surface area contributed by atoms with Crippen molar-refractivity contribution in [3.63, 3.8) is 0 Å². The van der Waals surface area contributed by atoms with Crippen molar-refractivity contribution in [2.24, 2.45) is 0 Å². The molecule has 6 nitrogen and oxygen atoms in total. The first kappa shape index (κ1) is 21.2. The van der Waals surface area contributed by atoms with Crippen LogP contribution in [0.5, 0.6) is 11.5 Å². The molecule has 1 N–H and O–H groups in total. The lowest BCUT2D eigenvalue weighted by atomic mass is 10.1. The van der Waals surface area contributed by atoms with Gasteiger partial charge in [0.15, 0.2) is 0 Å². The normalized spacial score (nSPS) is 10.7. The number of carbonyl (C=O) groups is 2. The van der Waals surface area contributed by atoms with Crippen LogP contribution in [0.3, 0.4) is 0 Å². The van der Waals surface area contributed by atoms with E-state index in [1.165, 1.54) is 0 Å². The molecule has 0 aliphatic rings. The minimum Gasteiger partial charge on any atom is -0.497 e. The number of fused-ring (bicyclic) bond motifs is 1. The molecule has 0 unspecified atom stereocenters. The number of carbonyl (C=O) groups excluding carboxylic acids is 2. The summed E-state index contributed by atoms with van der Waals surface area (Å²) in [5.74, 6) is 0.130. The van der Waals surface area contributed by atoms with Crippen LogP contribution in [0.1, 0.15) is 21.5 Å². The molecule has 0 aliphatic heterocycles. The largest absolute Gasteiger partial charge is 0.497 e. The Labute approximate surface area is 186 Å². The maximum atomic E-state index is 13.1. The molecule has 0 radical (unpaired) electrons. The summed E-state index contributed by atoms with van der Waals surface area (Å²) in [6.07, 6.45) is 1.74. The molecular formula is C26H24N2O4. The van der Waals surface area contributed by atoms with Gasteiger partial charge in [0.25, 0.3) is 11.7 Å². The van der Waals surface area contributed by atoms with E-state index in [0.29, 0.717) is 23.2 Å². The lowest BCUT2D eigenvalue weighted by Crippen LogP contribution is -2.30. The Morgan fingerprint density at radius 3 is 2.22 bits per heavy atom. The van der Waals surface area contributed by atoms with Gasteiger partial charge in [-0.25, -0.2) is 0 Å². The quantitative estimate of drug-likeness (QED) is 0.337. The van der Waals surface area contributed by atoms with Gasteiger partial charge >= 0.3 is 0 Å². The molecule has 1 amide bonds. The number of nitrogens with zero attached hydrogens (tertiary/aromatic N) is 1. The first-order valence-corrected chi connectivity index (χ1v) is 10.3. The third kappa shape index (κ3) is 4.49. The molecule has 32 heavy (non-hydrogen) atoms. The van der Waals surface area contributed by atoms with E-state index in [9.17, 15) is 9.59 Å². The van der Waals surface area contributed by atoms with Crippen LogP contribution >= 0.6 is 0 Å². The zero-order valence-electron chi connectivity index (χ0n) is 18.0. The monoisotopic (exact) mass is 428 g/mol. The summed E-state index contributed by atoms with van der Waals surface area (Å²) in [7, 11) is 3.17. The number of ether oxygens (including phenoxy) is 2. The third-order valence-corrected chi connectivity index (χ3v) is 5.35. The second-order valence-electron chi connectivity index (χ2n) is 7.40. The van der Waals surface area contributed by atoms with E-state index in [2.05, 4.69) is 5.32 Å². The molecular weight excluding hydrogens is 404 g/mol. The minimum atomic E-state index is -0.651. The molecule has 0 aliphatic carbocycles. The van der Waals surface area contributed by atoms with Crippen molar-refractivity contribution in [2.45, 2.75) is 13.1 Å². The Kier molecular flexibility index (Phi) is 6.22. The number of Topliss-reactive ketones (excluding diaryl/α,β-unsaturated/α-hetero) is 1. The second kappa shape index (κ2) is 9.39. The molecule has 0 spiro atoms. The third-order valence-electron chi connectivity index (χ3n) is 5.35. The van der Waals surface area contributed by atoms with Gasteiger partial charge in [-0.1, -0.05) is 42.5 Å². The molecule has 1 heterocycles. The first-order chi connectivity index (χ1) is 15.6. The van der Waals surface area contributed by atoms with Crippen molar-refractivity contribution in [3.8, 4) is 11.5 Å². The molecule has 3 aromatic carbocycles. The number of methoxy groups -OCH3 is 2. The minimum absolute atomic E-state index is 0.251. The van der Waals surface area contributed by atoms with Gasteiger partial charge < -0.3 is 19.4 Å². The summed E-state index contributed by atoms with van der Waals surface area (Å²) in [4.78, 5) is 25.7. The first-order valence-electron chi connectivity index (χ1n) is 10.3. The van der Waals surface area contributed by atoms with E-state index < -0.39 is 11.7 Å².